The van der Waals surface area contributed by atoms with Gasteiger partial charge in [0.25, 0.3) is 11.8 Å². The van der Waals surface area contributed by atoms with E-state index in [0.29, 0.717) is 24.3 Å². The molecule has 0 saturated carbocycles. The summed E-state index contributed by atoms with van der Waals surface area (Å²) < 4.78 is 0. The molecule has 1 N–H and O–H groups in total. The minimum atomic E-state index is -0.757. The fourth-order valence-corrected chi connectivity index (χ4v) is 7.07. The van der Waals surface area contributed by atoms with Crippen LogP contribution in [-0.4, -0.2) is 75.3 Å². The van der Waals surface area contributed by atoms with Crippen LogP contribution in [0.15, 0.2) is 18.2 Å². The number of hydrogen-bond acceptors (Lipinski definition) is 5. The number of carbonyl (C=O) groups is 3. The number of amides is 3. The lowest BCUT2D eigenvalue weighted by molar-refractivity contribution is -0.156. The molecule has 158 valence electrons. The highest BCUT2D eigenvalue weighted by Crippen LogP contribution is 2.46. The van der Waals surface area contributed by atoms with E-state index in [4.69, 9.17) is 0 Å². The summed E-state index contributed by atoms with van der Waals surface area (Å²) in [6.07, 6.45) is 6.03. The fourth-order valence-electron chi connectivity index (χ4n) is 7.07. The van der Waals surface area contributed by atoms with Gasteiger partial charge in [0.15, 0.2) is 0 Å². The molecule has 0 aromatic heterocycles. The van der Waals surface area contributed by atoms with Crippen molar-refractivity contribution < 1.29 is 19.5 Å². The number of phenolic OH excluding ortho intramolecular Hbond substituents is 1. The second-order valence-electron chi connectivity index (χ2n) is 9.57. The summed E-state index contributed by atoms with van der Waals surface area (Å²) in [6.45, 7) is 3.10. The minimum absolute atomic E-state index is 0.0336. The van der Waals surface area contributed by atoms with Gasteiger partial charge in [0, 0.05) is 18.6 Å². The van der Waals surface area contributed by atoms with Gasteiger partial charge in [-0.25, -0.2) is 0 Å². The lowest BCUT2D eigenvalue weighted by Crippen LogP contribution is -2.69. The average molecular weight is 409 g/mol. The summed E-state index contributed by atoms with van der Waals surface area (Å²) >= 11 is 0. The number of fused-ring (bicyclic) bond motifs is 3. The van der Waals surface area contributed by atoms with Gasteiger partial charge < -0.3 is 10.0 Å². The van der Waals surface area contributed by atoms with Crippen LogP contribution in [0, 0.1) is 11.8 Å². The topological polar surface area (TPSA) is 81.2 Å². The van der Waals surface area contributed by atoms with E-state index in [1.807, 2.05) is 4.90 Å². The van der Waals surface area contributed by atoms with Gasteiger partial charge in [-0.05, 0) is 75.6 Å². The van der Waals surface area contributed by atoms with Crippen molar-refractivity contribution >= 4 is 17.7 Å². The molecule has 5 aliphatic rings. The first kappa shape index (κ1) is 18.4. The van der Waals surface area contributed by atoms with E-state index in [-0.39, 0.29) is 28.8 Å². The maximum Gasteiger partial charge on any atom is 0.266 e. The summed E-state index contributed by atoms with van der Waals surface area (Å²) in [5.74, 6) is -0.273. The molecule has 30 heavy (non-hydrogen) atoms. The number of piperidine rings is 4. The van der Waals surface area contributed by atoms with Gasteiger partial charge in [-0.15, -0.1) is 0 Å². The average Bonchev–Trinajstić information content (AvgIpc) is 3.01. The minimum Gasteiger partial charge on any atom is -0.507 e. The van der Waals surface area contributed by atoms with Gasteiger partial charge in [0.2, 0.25) is 5.91 Å². The number of imide groups is 1. The lowest BCUT2D eigenvalue weighted by Gasteiger charge is -2.59. The molecule has 7 nitrogen and oxygen atoms in total. The Kier molecular flexibility index (Phi) is 4.01. The quantitative estimate of drug-likeness (QED) is 0.716. The molecule has 4 fully saturated rings. The molecule has 7 heteroatoms. The van der Waals surface area contributed by atoms with Crippen LogP contribution in [0.4, 0.5) is 0 Å². The first-order valence-electron chi connectivity index (χ1n) is 11.3. The zero-order valence-electron chi connectivity index (χ0n) is 17.0. The fraction of sp³-hybridized carbons (Fsp3) is 0.609. The number of benzene rings is 1. The second-order valence-corrected chi connectivity index (χ2v) is 9.57. The van der Waals surface area contributed by atoms with Gasteiger partial charge in [-0.2, -0.15) is 0 Å². The molecule has 5 aliphatic heterocycles. The largest absolute Gasteiger partial charge is 0.507 e. The zero-order valence-corrected chi connectivity index (χ0v) is 17.0. The van der Waals surface area contributed by atoms with Crippen LogP contribution in [0.5, 0.6) is 5.75 Å². The molecule has 0 aliphatic carbocycles. The summed E-state index contributed by atoms with van der Waals surface area (Å²) in [5, 5.41) is 10.1. The number of phenols is 1. The number of carbonyl (C=O) groups excluding carboxylic acids is 3. The van der Waals surface area contributed by atoms with Crippen LogP contribution in [0.3, 0.4) is 0 Å². The van der Waals surface area contributed by atoms with Crippen molar-refractivity contribution in [3.8, 4) is 5.75 Å². The van der Waals surface area contributed by atoms with Crippen LogP contribution in [-0.2, 0) is 4.79 Å². The molecule has 0 bridgehead atoms. The maximum absolute atomic E-state index is 13.6. The molecule has 1 unspecified atom stereocenters. The van der Waals surface area contributed by atoms with E-state index < -0.39 is 17.9 Å². The highest BCUT2D eigenvalue weighted by Gasteiger charge is 2.54. The van der Waals surface area contributed by atoms with Gasteiger partial charge >= 0.3 is 0 Å². The Morgan fingerprint density at radius 3 is 2.53 bits per heavy atom. The van der Waals surface area contributed by atoms with Gasteiger partial charge in [-0.3, -0.25) is 24.2 Å². The first-order chi connectivity index (χ1) is 14.6. The third kappa shape index (κ3) is 2.38. The number of aromatic hydroxyl groups is 1. The normalized spacial score (nSPS) is 35.9. The smallest absolute Gasteiger partial charge is 0.266 e. The number of rotatable bonds is 1. The molecule has 6 rings (SSSR count). The van der Waals surface area contributed by atoms with E-state index in [0.717, 1.165) is 30.7 Å². The molecule has 4 saturated heterocycles. The third-order valence-electron chi connectivity index (χ3n) is 8.21. The molecule has 0 radical (unpaired) electrons. The Labute approximate surface area is 175 Å². The first-order valence-corrected chi connectivity index (χ1v) is 11.3. The van der Waals surface area contributed by atoms with Crippen molar-refractivity contribution in [1.82, 2.24) is 14.7 Å². The summed E-state index contributed by atoms with van der Waals surface area (Å²) in [5.41, 5.74) is 0.232. The summed E-state index contributed by atoms with van der Waals surface area (Å²) in [6, 6.07) is 4.58. The van der Waals surface area contributed by atoms with E-state index in [2.05, 4.69) is 4.90 Å². The molecule has 1 aromatic carbocycles. The van der Waals surface area contributed by atoms with Gasteiger partial charge in [0.1, 0.15) is 11.8 Å². The SMILES string of the molecule is O=C1c2cccc(O)c2C(=O)N1C1CC[C@@H]2[C@H]3CCCN4CCC[C@@H](CN2C1=O)[C@@H]34. The van der Waals surface area contributed by atoms with Crippen LogP contribution in [0.25, 0.3) is 0 Å². The molecule has 0 spiro atoms. The molecular formula is C23H27N3O4. The van der Waals surface area contributed by atoms with Crippen LogP contribution >= 0.6 is 0 Å². The zero-order chi connectivity index (χ0) is 20.6. The number of hydrogen-bond donors (Lipinski definition) is 1. The van der Waals surface area contributed by atoms with Crippen molar-refractivity contribution in [1.29, 1.82) is 0 Å². The molecule has 5 atom stereocenters. The highest BCUT2D eigenvalue weighted by molar-refractivity contribution is 6.24. The molecule has 5 heterocycles. The van der Waals surface area contributed by atoms with Crippen LogP contribution in [0.2, 0.25) is 0 Å². The summed E-state index contributed by atoms with van der Waals surface area (Å²) in [7, 11) is 0. The Balaban J connectivity index is 1.30. The van der Waals surface area contributed by atoms with Crippen LogP contribution < -0.4 is 0 Å². The van der Waals surface area contributed by atoms with Crippen molar-refractivity contribution in [2.45, 2.75) is 56.7 Å². The van der Waals surface area contributed by atoms with E-state index in [1.165, 1.54) is 32.0 Å². The third-order valence-corrected chi connectivity index (χ3v) is 8.21. The lowest BCUT2D eigenvalue weighted by atomic mass is 9.67. The van der Waals surface area contributed by atoms with E-state index in [1.54, 1.807) is 12.1 Å². The molecule has 3 amide bonds. The van der Waals surface area contributed by atoms with Crippen molar-refractivity contribution in [2.75, 3.05) is 19.6 Å². The molecular weight excluding hydrogens is 382 g/mol. The second kappa shape index (κ2) is 6.54. The van der Waals surface area contributed by atoms with E-state index >= 15 is 0 Å². The maximum atomic E-state index is 13.6. The highest BCUT2D eigenvalue weighted by atomic mass is 16.3. The Hall–Kier alpha value is -2.41. The van der Waals surface area contributed by atoms with Crippen molar-refractivity contribution in [3.05, 3.63) is 29.3 Å². The number of nitrogens with zero attached hydrogens (tertiary/aromatic N) is 3. The van der Waals surface area contributed by atoms with Gasteiger partial charge in [0.05, 0.1) is 11.1 Å². The standard InChI is InChI=1S/C23H27N3O4/c27-18-7-1-5-15-19(18)23(30)26(21(15)28)17-9-8-16-14-6-3-11-24-10-2-4-13(20(14)24)12-25(16)22(17)29/h1,5,7,13-14,16-17,20,27H,2-4,6,8-12H2/t13-,14+,16+,17?,20-/m0/s1. The summed E-state index contributed by atoms with van der Waals surface area (Å²) in [4.78, 5) is 45.4. The monoisotopic (exact) mass is 409 g/mol. The predicted octanol–water partition coefficient (Wildman–Crippen LogP) is 1.85. The van der Waals surface area contributed by atoms with Crippen molar-refractivity contribution in [3.63, 3.8) is 0 Å². The van der Waals surface area contributed by atoms with E-state index in [9.17, 15) is 19.5 Å². The van der Waals surface area contributed by atoms with Gasteiger partial charge in [-0.1, -0.05) is 6.07 Å². The predicted molar refractivity (Wildman–Crippen MR) is 108 cm³/mol. The Morgan fingerprint density at radius 2 is 1.73 bits per heavy atom. The molecule has 1 aromatic rings. The van der Waals surface area contributed by atoms with Crippen LogP contribution in [0.1, 0.15) is 59.2 Å². The van der Waals surface area contributed by atoms with Crippen molar-refractivity contribution in [2.24, 2.45) is 11.8 Å². The Morgan fingerprint density at radius 1 is 0.933 bits per heavy atom. The Bertz CT molecular complexity index is 944.